The number of rotatable bonds is 10. The molecule has 1 aliphatic heterocycles. The Kier molecular flexibility index (Phi) is 8.62. The molecule has 0 aliphatic carbocycles. The van der Waals surface area contributed by atoms with Gasteiger partial charge in [0.25, 0.3) is 11.8 Å². The van der Waals surface area contributed by atoms with E-state index in [0.717, 1.165) is 31.1 Å². The van der Waals surface area contributed by atoms with Crippen LogP contribution >= 0.6 is 11.6 Å². The number of nitrogens with zero attached hydrogens (tertiary/aromatic N) is 2. The predicted octanol–water partition coefficient (Wildman–Crippen LogP) is 2.06. The highest BCUT2D eigenvalue weighted by atomic mass is 35.5. The van der Waals surface area contributed by atoms with Crippen molar-refractivity contribution in [1.29, 1.82) is 0 Å². The fourth-order valence-electron chi connectivity index (χ4n) is 3.45. The molecule has 1 fully saturated rings. The highest BCUT2D eigenvalue weighted by Crippen LogP contribution is 2.36. The Labute approximate surface area is 197 Å². The second-order valence-corrected chi connectivity index (χ2v) is 7.81. The molecule has 2 aromatic rings. The van der Waals surface area contributed by atoms with Gasteiger partial charge in [-0.05, 0) is 36.4 Å². The third kappa shape index (κ3) is 6.66. The lowest BCUT2D eigenvalue weighted by Crippen LogP contribution is -2.49. The monoisotopic (exact) mass is 477 g/mol. The van der Waals surface area contributed by atoms with Crippen LogP contribution in [-0.4, -0.2) is 81.8 Å². The zero-order chi connectivity index (χ0) is 23.8. The van der Waals surface area contributed by atoms with Crippen molar-refractivity contribution >= 4 is 23.4 Å². The Hall–Kier alpha value is -3.17. The van der Waals surface area contributed by atoms with E-state index in [-0.39, 0.29) is 29.0 Å². The molecule has 1 saturated heterocycles. The predicted molar refractivity (Wildman–Crippen MR) is 124 cm³/mol. The first-order valence-corrected chi connectivity index (χ1v) is 10.9. The van der Waals surface area contributed by atoms with Crippen LogP contribution in [-0.2, 0) is 4.79 Å². The third-order valence-corrected chi connectivity index (χ3v) is 5.51. The van der Waals surface area contributed by atoms with Crippen molar-refractivity contribution in [2.75, 3.05) is 60.2 Å². The number of piperazine rings is 1. The quantitative estimate of drug-likeness (QED) is 0.558. The molecular formula is C23H28ClN3O6. The number of amides is 2. The normalized spacial score (nSPS) is 14.0. The van der Waals surface area contributed by atoms with Crippen LogP contribution < -0.4 is 24.7 Å². The van der Waals surface area contributed by atoms with Gasteiger partial charge in [0.15, 0.2) is 18.1 Å². The minimum absolute atomic E-state index is 0.147. The van der Waals surface area contributed by atoms with E-state index in [1.54, 1.807) is 18.1 Å². The Morgan fingerprint density at radius 3 is 2.24 bits per heavy atom. The molecule has 2 N–H and O–H groups in total. The van der Waals surface area contributed by atoms with Gasteiger partial charge < -0.3 is 29.6 Å². The summed E-state index contributed by atoms with van der Waals surface area (Å²) >= 11 is 6.27. The lowest BCUT2D eigenvalue weighted by Gasteiger charge is -2.34. The van der Waals surface area contributed by atoms with Crippen molar-refractivity contribution in [1.82, 2.24) is 9.80 Å². The largest absolute Gasteiger partial charge is 0.497 e. The van der Waals surface area contributed by atoms with Gasteiger partial charge in [-0.2, -0.15) is 0 Å². The number of halogens is 1. The highest BCUT2D eigenvalue weighted by molar-refractivity contribution is 6.32. The smallest absolute Gasteiger partial charge is 0.255 e. The zero-order valence-electron chi connectivity index (χ0n) is 18.7. The van der Waals surface area contributed by atoms with Crippen LogP contribution in [0.5, 0.6) is 23.0 Å². The fourth-order valence-corrected chi connectivity index (χ4v) is 3.71. The maximum Gasteiger partial charge on any atom is 0.255 e. The first-order valence-electron chi connectivity index (χ1n) is 10.5. The molecule has 3 rings (SSSR count). The highest BCUT2D eigenvalue weighted by Gasteiger charge is 2.24. The molecule has 33 heavy (non-hydrogen) atoms. The summed E-state index contributed by atoms with van der Waals surface area (Å²) in [6.07, 6.45) is 0. The Morgan fingerprint density at radius 1 is 0.970 bits per heavy atom. The lowest BCUT2D eigenvalue weighted by atomic mass is 10.1. The number of nitrogens with two attached hydrogens (primary N) is 1. The average Bonchev–Trinajstić information content (AvgIpc) is 2.83. The molecule has 1 heterocycles. The topological polar surface area (TPSA) is 104 Å². The molecule has 0 atom stereocenters. The van der Waals surface area contributed by atoms with Gasteiger partial charge in [0.1, 0.15) is 18.1 Å². The standard InChI is InChI=1S/C23H28ClN3O6/c1-30-17-3-5-18(6-4-17)32-12-11-26-7-9-27(10-8-26)23(29)16-13-19(24)22(20(14-16)31-2)33-15-21(25)28/h3-6,13-14H,7-12,15H2,1-2H3,(H2,25,28). The summed E-state index contributed by atoms with van der Waals surface area (Å²) in [5, 5.41) is 0.174. The molecule has 0 bridgehead atoms. The van der Waals surface area contributed by atoms with Crippen LogP contribution in [0.3, 0.4) is 0 Å². The summed E-state index contributed by atoms with van der Waals surface area (Å²) in [5.74, 6) is 1.23. The number of hydrogen-bond acceptors (Lipinski definition) is 7. The summed E-state index contributed by atoms with van der Waals surface area (Å²) in [5.41, 5.74) is 5.50. The molecule has 9 nitrogen and oxygen atoms in total. The van der Waals surface area contributed by atoms with Crippen LogP contribution in [0.1, 0.15) is 10.4 Å². The number of hydrogen-bond donors (Lipinski definition) is 1. The average molecular weight is 478 g/mol. The van der Waals surface area contributed by atoms with E-state index in [9.17, 15) is 9.59 Å². The summed E-state index contributed by atoms with van der Waals surface area (Å²) in [7, 11) is 3.06. The first-order chi connectivity index (χ1) is 15.9. The summed E-state index contributed by atoms with van der Waals surface area (Å²) in [4.78, 5) is 28.0. The van der Waals surface area contributed by atoms with Crippen molar-refractivity contribution in [3.63, 3.8) is 0 Å². The molecule has 10 heteroatoms. The minimum Gasteiger partial charge on any atom is -0.497 e. The molecule has 0 radical (unpaired) electrons. The van der Waals surface area contributed by atoms with Crippen molar-refractivity contribution < 1.29 is 28.5 Å². The van der Waals surface area contributed by atoms with Gasteiger partial charge in [-0.25, -0.2) is 0 Å². The zero-order valence-corrected chi connectivity index (χ0v) is 19.5. The second-order valence-electron chi connectivity index (χ2n) is 7.40. The molecular weight excluding hydrogens is 450 g/mol. The fraction of sp³-hybridized carbons (Fsp3) is 0.391. The van der Waals surface area contributed by atoms with Crippen LogP contribution in [0, 0.1) is 0 Å². The van der Waals surface area contributed by atoms with Crippen molar-refractivity contribution in [2.24, 2.45) is 5.73 Å². The third-order valence-electron chi connectivity index (χ3n) is 5.23. The number of carbonyl (C=O) groups is 2. The molecule has 1 aliphatic rings. The van der Waals surface area contributed by atoms with Crippen LogP contribution in [0.2, 0.25) is 5.02 Å². The van der Waals surface area contributed by atoms with Gasteiger partial charge in [-0.15, -0.1) is 0 Å². The van der Waals surface area contributed by atoms with Crippen LogP contribution in [0.25, 0.3) is 0 Å². The molecule has 0 saturated carbocycles. The van der Waals surface area contributed by atoms with Gasteiger partial charge >= 0.3 is 0 Å². The Bertz CT molecular complexity index is 961. The van der Waals surface area contributed by atoms with Crippen molar-refractivity contribution in [3.05, 3.63) is 47.0 Å². The van der Waals surface area contributed by atoms with E-state index in [2.05, 4.69) is 4.90 Å². The number of ether oxygens (including phenoxy) is 4. The van der Waals surface area contributed by atoms with Crippen molar-refractivity contribution in [3.8, 4) is 23.0 Å². The second kappa shape index (κ2) is 11.6. The maximum absolute atomic E-state index is 13.0. The SMILES string of the molecule is COc1ccc(OCCN2CCN(C(=O)c3cc(Cl)c(OCC(N)=O)c(OC)c3)CC2)cc1. The van der Waals surface area contributed by atoms with Gasteiger partial charge in [0.05, 0.1) is 19.2 Å². The summed E-state index contributed by atoms with van der Waals surface area (Å²) in [6.45, 7) is 3.63. The van der Waals surface area contributed by atoms with E-state index in [0.29, 0.717) is 25.3 Å². The van der Waals surface area contributed by atoms with E-state index in [1.165, 1.54) is 13.2 Å². The molecule has 0 spiro atoms. The van der Waals surface area contributed by atoms with E-state index < -0.39 is 5.91 Å². The summed E-state index contributed by atoms with van der Waals surface area (Å²) < 4.78 is 21.5. The number of carbonyl (C=O) groups excluding carboxylic acids is 2. The Morgan fingerprint density at radius 2 is 1.64 bits per heavy atom. The van der Waals surface area contributed by atoms with Gasteiger partial charge in [0, 0.05) is 38.3 Å². The number of benzene rings is 2. The van der Waals surface area contributed by atoms with E-state index in [1.807, 2.05) is 24.3 Å². The van der Waals surface area contributed by atoms with Gasteiger partial charge in [-0.1, -0.05) is 11.6 Å². The molecule has 0 unspecified atom stereocenters. The van der Waals surface area contributed by atoms with Crippen LogP contribution in [0.4, 0.5) is 0 Å². The number of methoxy groups -OCH3 is 2. The lowest BCUT2D eigenvalue weighted by molar-refractivity contribution is -0.119. The number of primary amides is 1. The van der Waals surface area contributed by atoms with Crippen LogP contribution in [0.15, 0.2) is 36.4 Å². The van der Waals surface area contributed by atoms with E-state index in [4.69, 9.17) is 36.3 Å². The minimum atomic E-state index is -0.638. The first kappa shape index (κ1) is 24.5. The maximum atomic E-state index is 13.0. The molecule has 2 aromatic carbocycles. The van der Waals surface area contributed by atoms with Crippen molar-refractivity contribution in [2.45, 2.75) is 0 Å². The molecule has 0 aromatic heterocycles. The molecule has 178 valence electrons. The Balaban J connectivity index is 1.51. The molecule has 2 amide bonds. The van der Waals surface area contributed by atoms with E-state index >= 15 is 0 Å². The summed E-state index contributed by atoms with van der Waals surface area (Å²) in [6, 6.07) is 10.5. The van der Waals surface area contributed by atoms with Gasteiger partial charge in [-0.3, -0.25) is 14.5 Å². The van der Waals surface area contributed by atoms with Gasteiger partial charge in [0.2, 0.25) is 0 Å².